The van der Waals surface area contributed by atoms with Crippen LogP contribution in [-0.4, -0.2) is 12.2 Å². The van der Waals surface area contributed by atoms with Gasteiger partial charge in [0.15, 0.2) is 0 Å². The first kappa shape index (κ1) is 15.4. The molecular weight excluding hydrogens is 299 g/mol. The molecular formula is C15H12F3NOS. The first-order valence-corrected chi connectivity index (χ1v) is 7.25. The summed E-state index contributed by atoms with van der Waals surface area (Å²) in [6, 6.07) is 11.3. The average Bonchev–Trinajstić information content (AvgIpc) is 2.47. The van der Waals surface area contributed by atoms with Crippen LogP contribution in [0, 0.1) is 0 Å². The topological polar surface area (TPSA) is 29.1 Å². The molecule has 2 aromatic rings. The van der Waals surface area contributed by atoms with Gasteiger partial charge in [0, 0.05) is 16.1 Å². The molecule has 2 nitrogen and oxygen atoms in total. The molecule has 2 rings (SSSR count). The maximum absolute atomic E-state index is 12.4. The van der Waals surface area contributed by atoms with E-state index in [4.69, 9.17) is 0 Å². The molecule has 0 aliphatic rings. The number of amides is 1. The molecule has 0 aromatic heterocycles. The molecule has 2 aromatic carbocycles. The zero-order chi connectivity index (χ0) is 15.5. The second kappa shape index (κ2) is 6.22. The van der Waals surface area contributed by atoms with Crippen LogP contribution in [-0.2, 0) is 6.18 Å². The minimum absolute atomic E-state index is 0.321. The van der Waals surface area contributed by atoms with Gasteiger partial charge in [0.2, 0.25) is 0 Å². The zero-order valence-electron chi connectivity index (χ0n) is 11.1. The molecule has 1 amide bonds. The van der Waals surface area contributed by atoms with Crippen LogP contribution in [0.1, 0.15) is 15.9 Å². The highest BCUT2D eigenvalue weighted by molar-refractivity contribution is 7.98. The Labute approximate surface area is 124 Å². The molecule has 110 valence electrons. The van der Waals surface area contributed by atoms with Crippen LogP contribution in [0.2, 0.25) is 0 Å². The molecule has 0 aliphatic carbocycles. The summed E-state index contributed by atoms with van der Waals surface area (Å²) in [6.45, 7) is 0. The number of halogens is 3. The average molecular weight is 311 g/mol. The van der Waals surface area contributed by atoms with E-state index in [-0.39, 0.29) is 5.91 Å². The third kappa shape index (κ3) is 4.01. The van der Waals surface area contributed by atoms with Gasteiger partial charge in [-0.25, -0.2) is 0 Å². The Morgan fingerprint density at radius 2 is 1.57 bits per heavy atom. The largest absolute Gasteiger partial charge is 0.416 e. The van der Waals surface area contributed by atoms with Crippen molar-refractivity contribution < 1.29 is 18.0 Å². The van der Waals surface area contributed by atoms with E-state index in [1.165, 1.54) is 12.1 Å². The van der Waals surface area contributed by atoms with Crippen LogP contribution in [0.3, 0.4) is 0 Å². The van der Waals surface area contributed by atoms with Gasteiger partial charge in [0.25, 0.3) is 5.91 Å². The molecule has 0 saturated heterocycles. The Morgan fingerprint density at radius 1 is 1.00 bits per heavy atom. The fourth-order valence-electron chi connectivity index (χ4n) is 1.69. The summed E-state index contributed by atoms with van der Waals surface area (Å²) in [5, 5.41) is 2.56. The number of thioether (sulfide) groups is 1. The molecule has 0 fully saturated rings. The number of rotatable bonds is 3. The van der Waals surface area contributed by atoms with Crippen LogP contribution in [0.4, 0.5) is 18.9 Å². The van der Waals surface area contributed by atoms with Gasteiger partial charge in [0.05, 0.1) is 5.56 Å². The van der Waals surface area contributed by atoms with Crippen LogP contribution < -0.4 is 5.32 Å². The fourth-order valence-corrected chi connectivity index (χ4v) is 2.10. The number of carbonyl (C=O) groups is 1. The van der Waals surface area contributed by atoms with Gasteiger partial charge >= 0.3 is 6.18 Å². The van der Waals surface area contributed by atoms with E-state index in [1.807, 2.05) is 18.4 Å². The molecule has 0 aliphatic heterocycles. The van der Waals surface area contributed by atoms with E-state index in [2.05, 4.69) is 5.32 Å². The Kier molecular flexibility index (Phi) is 4.57. The minimum Gasteiger partial charge on any atom is -0.322 e. The van der Waals surface area contributed by atoms with Crippen molar-refractivity contribution >= 4 is 23.4 Å². The predicted molar refractivity (Wildman–Crippen MR) is 77.6 cm³/mol. The Bertz CT molecular complexity index is 621. The number of carbonyl (C=O) groups excluding carboxylic acids is 1. The van der Waals surface area contributed by atoms with Gasteiger partial charge in [-0.1, -0.05) is 0 Å². The smallest absolute Gasteiger partial charge is 0.322 e. The summed E-state index contributed by atoms with van der Waals surface area (Å²) in [4.78, 5) is 13.0. The van der Waals surface area contributed by atoms with Gasteiger partial charge in [-0.15, -0.1) is 11.8 Å². The number of alkyl halides is 3. The molecule has 0 bridgehead atoms. The zero-order valence-corrected chi connectivity index (χ0v) is 11.9. The molecule has 0 radical (unpaired) electrons. The summed E-state index contributed by atoms with van der Waals surface area (Å²) >= 11 is 1.56. The number of hydrogen-bond acceptors (Lipinski definition) is 2. The standard InChI is InChI=1S/C15H12F3NOS/c1-21-13-8-2-10(3-9-13)14(20)19-12-6-4-11(5-7-12)15(16,17)18/h2-9H,1H3,(H,19,20). The molecule has 0 unspecified atom stereocenters. The van der Waals surface area contributed by atoms with Gasteiger partial charge in [-0.05, 0) is 54.8 Å². The van der Waals surface area contributed by atoms with Crippen LogP contribution in [0.25, 0.3) is 0 Å². The normalized spacial score (nSPS) is 11.2. The summed E-state index contributed by atoms with van der Waals surface area (Å²) in [7, 11) is 0. The van der Waals surface area contributed by atoms with Crippen LogP contribution in [0.5, 0.6) is 0 Å². The lowest BCUT2D eigenvalue weighted by Crippen LogP contribution is -2.12. The van der Waals surface area contributed by atoms with Crippen molar-refractivity contribution in [3.63, 3.8) is 0 Å². The van der Waals surface area contributed by atoms with Crippen molar-refractivity contribution in [3.8, 4) is 0 Å². The number of hydrogen-bond donors (Lipinski definition) is 1. The van der Waals surface area contributed by atoms with Gasteiger partial charge in [0.1, 0.15) is 0 Å². The fraction of sp³-hybridized carbons (Fsp3) is 0.133. The highest BCUT2D eigenvalue weighted by Crippen LogP contribution is 2.29. The Hall–Kier alpha value is -1.95. The summed E-state index contributed by atoms with van der Waals surface area (Å²) < 4.78 is 37.3. The second-order valence-corrected chi connectivity index (χ2v) is 5.14. The van der Waals surface area contributed by atoms with Crippen LogP contribution >= 0.6 is 11.8 Å². The Balaban J connectivity index is 2.08. The van der Waals surface area contributed by atoms with Crippen LogP contribution in [0.15, 0.2) is 53.4 Å². The first-order valence-electron chi connectivity index (χ1n) is 6.03. The van der Waals surface area contributed by atoms with Crippen molar-refractivity contribution in [1.29, 1.82) is 0 Å². The first-order chi connectivity index (χ1) is 9.90. The quantitative estimate of drug-likeness (QED) is 0.834. The molecule has 0 saturated carbocycles. The van der Waals surface area contributed by atoms with E-state index < -0.39 is 11.7 Å². The Morgan fingerprint density at radius 3 is 2.05 bits per heavy atom. The van der Waals surface area contributed by atoms with Gasteiger partial charge in [-0.2, -0.15) is 13.2 Å². The van der Waals surface area contributed by atoms with Gasteiger partial charge in [-0.3, -0.25) is 4.79 Å². The van der Waals surface area contributed by atoms with Crippen molar-refractivity contribution in [2.75, 3.05) is 11.6 Å². The maximum Gasteiger partial charge on any atom is 0.416 e. The van der Waals surface area contributed by atoms with Crippen molar-refractivity contribution in [2.45, 2.75) is 11.1 Å². The minimum atomic E-state index is -4.38. The molecule has 6 heteroatoms. The lowest BCUT2D eigenvalue weighted by atomic mass is 10.2. The summed E-state index contributed by atoms with van der Waals surface area (Å²) in [5.41, 5.74) is 0.0273. The van der Waals surface area contributed by atoms with Crippen molar-refractivity contribution in [2.24, 2.45) is 0 Å². The molecule has 0 atom stereocenters. The van der Waals surface area contributed by atoms with E-state index in [1.54, 1.807) is 23.9 Å². The SMILES string of the molecule is CSc1ccc(C(=O)Nc2ccc(C(F)(F)F)cc2)cc1. The third-order valence-corrected chi connectivity index (χ3v) is 3.57. The predicted octanol–water partition coefficient (Wildman–Crippen LogP) is 4.68. The third-order valence-electron chi connectivity index (χ3n) is 2.82. The number of nitrogens with one attached hydrogen (secondary N) is 1. The summed E-state index contributed by atoms with van der Waals surface area (Å²) in [6.07, 6.45) is -2.45. The monoisotopic (exact) mass is 311 g/mol. The molecule has 21 heavy (non-hydrogen) atoms. The van der Waals surface area contributed by atoms with E-state index in [0.29, 0.717) is 11.3 Å². The second-order valence-electron chi connectivity index (χ2n) is 4.26. The maximum atomic E-state index is 12.4. The molecule has 1 N–H and O–H groups in total. The summed E-state index contributed by atoms with van der Waals surface area (Å²) in [5.74, 6) is -0.359. The van der Waals surface area contributed by atoms with E-state index in [0.717, 1.165) is 17.0 Å². The highest BCUT2D eigenvalue weighted by atomic mass is 32.2. The van der Waals surface area contributed by atoms with E-state index >= 15 is 0 Å². The van der Waals surface area contributed by atoms with E-state index in [9.17, 15) is 18.0 Å². The molecule has 0 heterocycles. The lowest BCUT2D eigenvalue weighted by Gasteiger charge is -2.09. The lowest BCUT2D eigenvalue weighted by molar-refractivity contribution is -0.137. The van der Waals surface area contributed by atoms with Gasteiger partial charge < -0.3 is 5.32 Å². The molecule has 0 spiro atoms. The van der Waals surface area contributed by atoms with Crippen molar-refractivity contribution in [1.82, 2.24) is 0 Å². The number of anilines is 1. The highest BCUT2D eigenvalue weighted by Gasteiger charge is 2.29. The van der Waals surface area contributed by atoms with Crippen molar-refractivity contribution in [3.05, 3.63) is 59.7 Å². The number of benzene rings is 2.